The summed E-state index contributed by atoms with van der Waals surface area (Å²) in [4.78, 5) is 26.4. The van der Waals surface area contributed by atoms with Gasteiger partial charge < -0.3 is 14.8 Å². The molecule has 32 heavy (non-hydrogen) atoms. The lowest BCUT2D eigenvalue weighted by molar-refractivity contribution is -0.111. The maximum atomic E-state index is 12.8. The number of ether oxygens (including phenoxy) is 2. The molecule has 2 aromatic carbocycles. The molecule has 1 aromatic heterocycles. The van der Waals surface area contributed by atoms with Crippen molar-refractivity contribution in [3.63, 3.8) is 0 Å². The topological polar surface area (TPSA) is 64.6 Å². The van der Waals surface area contributed by atoms with E-state index < -0.39 is 5.97 Å². The van der Waals surface area contributed by atoms with Gasteiger partial charge in [-0.05, 0) is 38.0 Å². The number of para-hydroxylation sites is 1. The Labute approximate surface area is 192 Å². The molecule has 0 spiro atoms. The van der Waals surface area contributed by atoms with Crippen LogP contribution < -0.4 is 10.1 Å². The van der Waals surface area contributed by atoms with Gasteiger partial charge in [-0.2, -0.15) is 0 Å². The summed E-state index contributed by atoms with van der Waals surface area (Å²) in [6.07, 6.45) is 4.06. The average Bonchev–Trinajstić information content (AvgIpc) is 3.13. The second-order valence-corrected chi connectivity index (χ2v) is 8.26. The van der Waals surface area contributed by atoms with Crippen LogP contribution in [-0.4, -0.2) is 25.1 Å². The Bertz CT molecular complexity index is 1100. The van der Waals surface area contributed by atoms with Crippen LogP contribution in [0.25, 0.3) is 17.2 Å². The number of esters is 1. The number of amides is 1. The van der Waals surface area contributed by atoms with E-state index >= 15 is 0 Å². The maximum Gasteiger partial charge on any atom is 0.341 e. The summed E-state index contributed by atoms with van der Waals surface area (Å²) in [7, 11) is 0. The molecular formula is C26H27NO4S. The third-order valence-electron chi connectivity index (χ3n) is 4.66. The molecule has 5 nitrogen and oxygen atoms in total. The lowest BCUT2D eigenvalue weighted by Crippen LogP contribution is -2.12. The van der Waals surface area contributed by atoms with Gasteiger partial charge in [0.1, 0.15) is 16.3 Å². The Hall–Kier alpha value is -3.38. The zero-order valence-corrected chi connectivity index (χ0v) is 19.3. The lowest BCUT2D eigenvalue weighted by Gasteiger charge is -2.09. The van der Waals surface area contributed by atoms with Crippen LogP contribution in [0.4, 0.5) is 5.00 Å². The number of rotatable bonds is 9. The highest BCUT2D eigenvalue weighted by Crippen LogP contribution is 2.40. The smallest absolute Gasteiger partial charge is 0.341 e. The fourth-order valence-electron chi connectivity index (χ4n) is 3.26. The summed E-state index contributed by atoms with van der Waals surface area (Å²) in [6.45, 7) is 6.60. The van der Waals surface area contributed by atoms with Crippen LogP contribution in [0.15, 0.2) is 60.7 Å². The molecular weight excluding hydrogens is 422 g/mol. The Kier molecular flexibility index (Phi) is 8.22. The van der Waals surface area contributed by atoms with Crippen LogP contribution in [0.1, 0.15) is 41.1 Å². The predicted octanol–water partition coefficient (Wildman–Crippen LogP) is 6.34. The largest absolute Gasteiger partial charge is 0.493 e. The van der Waals surface area contributed by atoms with Gasteiger partial charge in [-0.15, -0.1) is 11.3 Å². The van der Waals surface area contributed by atoms with E-state index in [9.17, 15) is 9.59 Å². The van der Waals surface area contributed by atoms with Gasteiger partial charge in [0, 0.05) is 22.1 Å². The maximum absolute atomic E-state index is 12.8. The fraction of sp³-hybridized carbons (Fsp3) is 0.231. The summed E-state index contributed by atoms with van der Waals surface area (Å²) in [5.41, 5.74) is 2.89. The summed E-state index contributed by atoms with van der Waals surface area (Å²) < 4.78 is 11.0. The highest BCUT2D eigenvalue weighted by molar-refractivity contribution is 7.17. The van der Waals surface area contributed by atoms with Gasteiger partial charge in [-0.3, -0.25) is 4.79 Å². The van der Waals surface area contributed by atoms with Crippen LogP contribution in [-0.2, 0) is 9.53 Å². The first-order chi connectivity index (χ1) is 15.5. The van der Waals surface area contributed by atoms with E-state index in [-0.39, 0.29) is 12.5 Å². The number of thiophene rings is 1. The molecule has 3 rings (SSSR count). The van der Waals surface area contributed by atoms with Crippen LogP contribution in [0.2, 0.25) is 0 Å². The van der Waals surface area contributed by atoms with Crippen molar-refractivity contribution < 1.29 is 19.1 Å². The molecule has 0 fully saturated rings. The highest BCUT2D eigenvalue weighted by Gasteiger charge is 2.25. The van der Waals surface area contributed by atoms with Crippen molar-refractivity contribution in [3.05, 3.63) is 76.7 Å². The number of benzene rings is 2. The Morgan fingerprint density at radius 2 is 1.75 bits per heavy atom. The highest BCUT2D eigenvalue weighted by atomic mass is 32.1. The monoisotopic (exact) mass is 449 g/mol. The third-order valence-corrected chi connectivity index (χ3v) is 5.68. The zero-order chi connectivity index (χ0) is 22.9. The number of hydrogen-bond donors (Lipinski definition) is 1. The second-order valence-electron chi connectivity index (χ2n) is 7.03. The lowest BCUT2D eigenvalue weighted by atomic mass is 10.0. The van der Waals surface area contributed by atoms with Gasteiger partial charge in [0.25, 0.3) is 0 Å². The normalized spacial score (nSPS) is 10.8. The standard InChI is InChI=1S/C26H27NO4S/c1-4-17-31-21-14-10-9-11-19(21)15-16-22(28)27-25-24(26(29)30-5-2)23(18(3)32-25)20-12-7-6-8-13-20/h6-16H,4-5,17H2,1-3H3,(H,27,28). The average molecular weight is 450 g/mol. The van der Waals surface area contributed by atoms with E-state index in [0.29, 0.717) is 17.2 Å². The summed E-state index contributed by atoms with van der Waals surface area (Å²) in [5.74, 6) is -0.0565. The summed E-state index contributed by atoms with van der Waals surface area (Å²) in [6, 6.07) is 17.2. The molecule has 0 saturated carbocycles. The molecule has 0 aliphatic rings. The van der Waals surface area contributed by atoms with Gasteiger partial charge in [-0.25, -0.2) is 4.79 Å². The molecule has 0 unspecified atom stereocenters. The van der Waals surface area contributed by atoms with Crippen molar-refractivity contribution in [3.8, 4) is 16.9 Å². The van der Waals surface area contributed by atoms with Crippen molar-refractivity contribution >= 4 is 34.3 Å². The minimum absolute atomic E-state index is 0.254. The SMILES string of the molecule is CCCOc1ccccc1C=CC(=O)Nc1sc(C)c(-c2ccccc2)c1C(=O)OCC. The van der Waals surface area contributed by atoms with Crippen LogP contribution in [0.5, 0.6) is 5.75 Å². The van der Waals surface area contributed by atoms with E-state index in [0.717, 1.165) is 33.7 Å². The molecule has 1 heterocycles. The minimum Gasteiger partial charge on any atom is -0.493 e. The van der Waals surface area contributed by atoms with E-state index in [2.05, 4.69) is 5.32 Å². The molecule has 1 N–H and O–H groups in total. The number of carbonyl (C=O) groups excluding carboxylic acids is 2. The van der Waals surface area contributed by atoms with Crippen LogP contribution in [0.3, 0.4) is 0 Å². The number of hydrogen-bond acceptors (Lipinski definition) is 5. The van der Waals surface area contributed by atoms with E-state index in [1.54, 1.807) is 13.0 Å². The zero-order valence-electron chi connectivity index (χ0n) is 18.5. The molecule has 3 aromatic rings. The molecule has 0 atom stereocenters. The van der Waals surface area contributed by atoms with Crippen molar-refractivity contribution in [1.29, 1.82) is 0 Å². The van der Waals surface area contributed by atoms with Gasteiger partial charge in [0.2, 0.25) is 5.91 Å². The first kappa shape index (κ1) is 23.3. The number of carbonyl (C=O) groups is 2. The third kappa shape index (κ3) is 5.65. The summed E-state index contributed by atoms with van der Waals surface area (Å²) in [5, 5.41) is 3.34. The fourth-order valence-corrected chi connectivity index (χ4v) is 4.33. The van der Waals surface area contributed by atoms with Gasteiger partial charge >= 0.3 is 5.97 Å². The molecule has 0 radical (unpaired) electrons. The second kappa shape index (κ2) is 11.3. The van der Waals surface area contributed by atoms with Crippen LogP contribution >= 0.6 is 11.3 Å². The summed E-state index contributed by atoms with van der Waals surface area (Å²) >= 11 is 1.36. The molecule has 166 valence electrons. The Balaban J connectivity index is 1.88. The predicted molar refractivity (Wildman–Crippen MR) is 130 cm³/mol. The molecule has 0 aliphatic carbocycles. The molecule has 6 heteroatoms. The minimum atomic E-state index is -0.451. The van der Waals surface area contributed by atoms with E-state index in [4.69, 9.17) is 9.47 Å². The van der Waals surface area contributed by atoms with Crippen molar-refractivity contribution in [1.82, 2.24) is 0 Å². The first-order valence-corrected chi connectivity index (χ1v) is 11.4. The first-order valence-electron chi connectivity index (χ1n) is 10.6. The molecule has 0 bridgehead atoms. The van der Waals surface area contributed by atoms with Gasteiger partial charge in [-0.1, -0.05) is 55.5 Å². The van der Waals surface area contributed by atoms with Crippen LogP contribution in [0, 0.1) is 6.92 Å². The number of anilines is 1. The van der Waals surface area contributed by atoms with Crippen molar-refractivity contribution in [2.24, 2.45) is 0 Å². The molecule has 0 saturated heterocycles. The van der Waals surface area contributed by atoms with Crippen molar-refractivity contribution in [2.45, 2.75) is 27.2 Å². The molecule has 0 aliphatic heterocycles. The van der Waals surface area contributed by atoms with Gasteiger partial charge in [0.05, 0.1) is 13.2 Å². The van der Waals surface area contributed by atoms with E-state index in [1.165, 1.54) is 17.4 Å². The molecule has 1 amide bonds. The Morgan fingerprint density at radius 3 is 2.47 bits per heavy atom. The number of nitrogens with one attached hydrogen (secondary N) is 1. The number of aryl methyl sites for hydroxylation is 1. The van der Waals surface area contributed by atoms with E-state index in [1.807, 2.05) is 68.4 Å². The van der Waals surface area contributed by atoms with Gasteiger partial charge in [0.15, 0.2) is 0 Å². The quantitative estimate of drug-likeness (QED) is 0.306. The Morgan fingerprint density at radius 1 is 1.03 bits per heavy atom. The van der Waals surface area contributed by atoms with Crippen molar-refractivity contribution in [2.75, 3.05) is 18.5 Å².